The highest BCUT2D eigenvalue weighted by Crippen LogP contribution is 2.36. The van der Waals surface area contributed by atoms with Crippen LogP contribution in [-0.4, -0.2) is 5.97 Å². The lowest BCUT2D eigenvalue weighted by molar-refractivity contribution is -0.133. The van der Waals surface area contributed by atoms with Crippen molar-refractivity contribution >= 4 is 5.97 Å². The first kappa shape index (κ1) is 9.50. The van der Waals surface area contributed by atoms with E-state index in [9.17, 15) is 4.79 Å². The van der Waals surface area contributed by atoms with Crippen LogP contribution in [0.2, 0.25) is 0 Å². The van der Waals surface area contributed by atoms with Crippen LogP contribution in [0.4, 0.5) is 0 Å². The molecule has 0 saturated heterocycles. The average molecular weight is 192 g/mol. The van der Waals surface area contributed by atoms with Gasteiger partial charge in [0.25, 0.3) is 0 Å². The van der Waals surface area contributed by atoms with Gasteiger partial charge < -0.3 is 4.74 Å². The number of ether oxygens (including phenoxy) is 1. The van der Waals surface area contributed by atoms with Crippen LogP contribution in [0.1, 0.15) is 45.4 Å². The molecule has 0 aromatic carbocycles. The highest BCUT2D eigenvalue weighted by molar-refractivity contribution is 5.94. The van der Waals surface area contributed by atoms with Crippen LogP contribution in [-0.2, 0) is 9.53 Å². The zero-order valence-corrected chi connectivity index (χ0v) is 8.64. The van der Waals surface area contributed by atoms with Gasteiger partial charge in [-0.2, -0.15) is 0 Å². The summed E-state index contributed by atoms with van der Waals surface area (Å²) in [5.41, 5.74) is 2.13. The van der Waals surface area contributed by atoms with E-state index in [1.807, 2.05) is 0 Å². The molecule has 0 saturated carbocycles. The van der Waals surface area contributed by atoms with Gasteiger partial charge in [-0.15, -0.1) is 0 Å². The minimum Gasteiger partial charge on any atom is -0.423 e. The molecular formula is C12H16O2. The van der Waals surface area contributed by atoms with Gasteiger partial charge in [-0.25, -0.2) is 4.79 Å². The van der Waals surface area contributed by atoms with E-state index in [0.29, 0.717) is 0 Å². The fourth-order valence-electron chi connectivity index (χ4n) is 2.07. The van der Waals surface area contributed by atoms with Crippen LogP contribution < -0.4 is 0 Å². The summed E-state index contributed by atoms with van der Waals surface area (Å²) in [6, 6.07) is 0. The monoisotopic (exact) mass is 192 g/mol. The van der Waals surface area contributed by atoms with Crippen LogP contribution in [0.3, 0.4) is 0 Å². The maximum absolute atomic E-state index is 11.5. The van der Waals surface area contributed by atoms with E-state index in [1.54, 1.807) is 0 Å². The van der Waals surface area contributed by atoms with E-state index in [1.165, 1.54) is 12.0 Å². The van der Waals surface area contributed by atoms with Gasteiger partial charge in [0.1, 0.15) is 5.76 Å². The Labute approximate surface area is 84.6 Å². The fraction of sp³-hybridized carbons (Fsp3) is 0.583. The average Bonchev–Trinajstić information content (AvgIpc) is 2.54. The minimum atomic E-state index is -0.0953. The summed E-state index contributed by atoms with van der Waals surface area (Å²) >= 11 is 0. The Kier molecular flexibility index (Phi) is 2.71. The maximum atomic E-state index is 11.5. The van der Waals surface area contributed by atoms with E-state index in [-0.39, 0.29) is 5.97 Å². The lowest BCUT2D eigenvalue weighted by Crippen LogP contribution is -2.01. The summed E-state index contributed by atoms with van der Waals surface area (Å²) in [4.78, 5) is 11.5. The third-order valence-electron chi connectivity index (χ3n) is 2.83. The standard InChI is InChI=1S/C12H16O2/c1-2-3-8-11-9-6-4-5-7-10(9)12(13)14-11/h8H,2-7H2,1H3. The second-order valence-corrected chi connectivity index (χ2v) is 3.91. The van der Waals surface area contributed by atoms with Crippen molar-refractivity contribution in [3.63, 3.8) is 0 Å². The SMILES string of the molecule is CCCC=C1OC(=O)C2=C1CCCC2. The molecule has 2 heteroatoms. The predicted octanol–water partition coefficient (Wildman–Crippen LogP) is 3.10. The molecule has 2 aliphatic rings. The van der Waals surface area contributed by atoms with Crippen molar-refractivity contribution in [2.45, 2.75) is 45.4 Å². The molecule has 0 radical (unpaired) electrons. The van der Waals surface area contributed by atoms with Crippen LogP contribution in [0.15, 0.2) is 23.0 Å². The molecule has 0 bridgehead atoms. The van der Waals surface area contributed by atoms with Gasteiger partial charge in [0, 0.05) is 11.1 Å². The fourth-order valence-corrected chi connectivity index (χ4v) is 2.07. The van der Waals surface area contributed by atoms with Crippen molar-refractivity contribution in [2.75, 3.05) is 0 Å². The first-order valence-electron chi connectivity index (χ1n) is 5.47. The normalized spacial score (nSPS) is 24.1. The number of carbonyl (C=O) groups is 1. The van der Waals surface area contributed by atoms with Crippen LogP contribution in [0, 0.1) is 0 Å². The molecule has 0 fully saturated rings. The number of cyclic esters (lactones) is 1. The van der Waals surface area contributed by atoms with E-state index < -0.39 is 0 Å². The highest BCUT2D eigenvalue weighted by Gasteiger charge is 2.30. The van der Waals surface area contributed by atoms with Gasteiger partial charge >= 0.3 is 5.97 Å². The number of hydrogen-bond acceptors (Lipinski definition) is 2. The lowest BCUT2D eigenvalue weighted by atomic mass is 9.92. The summed E-state index contributed by atoms with van der Waals surface area (Å²) in [6.07, 6.45) is 8.43. The topological polar surface area (TPSA) is 26.3 Å². The van der Waals surface area contributed by atoms with Gasteiger partial charge in [0.05, 0.1) is 0 Å². The van der Waals surface area contributed by atoms with Crippen molar-refractivity contribution < 1.29 is 9.53 Å². The molecule has 1 aliphatic heterocycles. The van der Waals surface area contributed by atoms with Crippen LogP contribution >= 0.6 is 0 Å². The molecule has 2 nitrogen and oxygen atoms in total. The molecule has 2 rings (SSSR count). The quantitative estimate of drug-likeness (QED) is 0.628. The molecule has 0 aromatic heterocycles. The first-order chi connectivity index (χ1) is 6.83. The number of esters is 1. The number of unbranched alkanes of at least 4 members (excludes halogenated alkanes) is 1. The largest absolute Gasteiger partial charge is 0.423 e. The molecule has 0 unspecified atom stereocenters. The van der Waals surface area contributed by atoms with Crippen molar-refractivity contribution in [3.05, 3.63) is 23.0 Å². The Morgan fingerprint density at radius 3 is 2.71 bits per heavy atom. The van der Waals surface area contributed by atoms with E-state index in [2.05, 4.69) is 13.0 Å². The summed E-state index contributed by atoms with van der Waals surface area (Å²) in [5, 5.41) is 0. The van der Waals surface area contributed by atoms with Crippen molar-refractivity contribution in [2.24, 2.45) is 0 Å². The van der Waals surface area contributed by atoms with Gasteiger partial charge in [-0.05, 0) is 38.2 Å². The second kappa shape index (κ2) is 3.99. The molecule has 14 heavy (non-hydrogen) atoms. The van der Waals surface area contributed by atoms with Crippen LogP contribution in [0.5, 0.6) is 0 Å². The van der Waals surface area contributed by atoms with Gasteiger partial charge in [-0.1, -0.05) is 13.3 Å². The van der Waals surface area contributed by atoms with Crippen LogP contribution in [0.25, 0.3) is 0 Å². The smallest absolute Gasteiger partial charge is 0.339 e. The van der Waals surface area contributed by atoms with Gasteiger partial charge in [0.15, 0.2) is 0 Å². The Morgan fingerprint density at radius 2 is 2.00 bits per heavy atom. The summed E-state index contributed by atoms with van der Waals surface area (Å²) in [7, 11) is 0. The zero-order chi connectivity index (χ0) is 9.97. The molecule has 0 amide bonds. The Bertz CT molecular complexity index is 310. The van der Waals surface area contributed by atoms with E-state index in [4.69, 9.17) is 4.74 Å². The Hall–Kier alpha value is -1.05. The second-order valence-electron chi connectivity index (χ2n) is 3.91. The first-order valence-corrected chi connectivity index (χ1v) is 5.47. The maximum Gasteiger partial charge on any atom is 0.339 e. The van der Waals surface area contributed by atoms with Gasteiger partial charge in [0.2, 0.25) is 0 Å². The Balaban J connectivity index is 2.23. The molecule has 1 aliphatic carbocycles. The summed E-state index contributed by atoms with van der Waals surface area (Å²) in [5.74, 6) is 0.758. The minimum absolute atomic E-state index is 0.0953. The number of hydrogen-bond donors (Lipinski definition) is 0. The number of allylic oxidation sites excluding steroid dienone is 2. The van der Waals surface area contributed by atoms with Crippen molar-refractivity contribution in [3.8, 4) is 0 Å². The molecule has 76 valence electrons. The summed E-state index contributed by atoms with van der Waals surface area (Å²) < 4.78 is 5.26. The third kappa shape index (κ3) is 1.61. The predicted molar refractivity (Wildman–Crippen MR) is 54.6 cm³/mol. The van der Waals surface area contributed by atoms with Gasteiger partial charge in [-0.3, -0.25) is 0 Å². The third-order valence-corrected chi connectivity index (χ3v) is 2.83. The highest BCUT2D eigenvalue weighted by atomic mass is 16.5. The Morgan fingerprint density at radius 1 is 1.29 bits per heavy atom. The zero-order valence-electron chi connectivity index (χ0n) is 8.64. The molecular weight excluding hydrogens is 176 g/mol. The lowest BCUT2D eigenvalue weighted by Gasteiger charge is -2.09. The summed E-state index contributed by atoms with van der Waals surface area (Å²) in [6.45, 7) is 2.13. The van der Waals surface area contributed by atoms with E-state index in [0.717, 1.165) is 43.4 Å². The number of carbonyl (C=O) groups excluding carboxylic acids is 1. The molecule has 1 heterocycles. The van der Waals surface area contributed by atoms with Crippen molar-refractivity contribution in [1.82, 2.24) is 0 Å². The number of rotatable bonds is 2. The van der Waals surface area contributed by atoms with E-state index >= 15 is 0 Å². The molecule has 0 aromatic rings. The molecule has 0 spiro atoms. The van der Waals surface area contributed by atoms with Crippen molar-refractivity contribution in [1.29, 1.82) is 0 Å². The molecule has 0 atom stereocenters. The molecule has 0 N–H and O–H groups in total.